The monoisotopic (exact) mass is 310 g/mol. The molecule has 0 spiro atoms. The van der Waals surface area contributed by atoms with Gasteiger partial charge in [0.2, 0.25) is 0 Å². The highest BCUT2D eigenvalue weighted by Gasteiger charge is 2.55. The van der Waals surface area contributed by atoms with Gasteiger partial charge in [-0.15, -0.1) is 0 Å². The van der Waals surface area contributed by atoms with Crippen molar-refractivity contribution in [3.05, 3.63) is 5.21 Å². The van der Waals surface area contributed by atoms with Crippen LogP contribution in [0, 0.1) is 28.9 Å². The second kappa shape index (κ2) is 5.71. The van der Waals surface area contributed by atoms with Gasteiger partial charge < -0.3 is 19.9 Å². The second-order valence-corrected chi connectivity index (χ2v) is 8.09. The second-order valence-electron chi connectivity index (χ2n) is 8.09. The third-order valence-corrected chi connectivity index (χ3v) is 6.82. The Labute approximate surface area is 132 Å². The van der Waals surface area contributed by atoms with Crippen LogP contribution in [0.2, 0.25) is 0 Å². The van der Waals surface area contributed by atoms with Crippen LogP contribution in [-0.2, 0) is 9.47 Å². The average molecular weight is 310 g/mol. The van der Waals surface area contributed by atoms with Gasteiger partial charge >= 0.3 is 0 Å². The quantitative estimate of drug-likeness (QED) is 0.754. The lowest BCUT2D eigenvalue weighted by Crippen LogP contribution is -2.43. The van der Waals surface area contributed by atoms with Crippen molar-refractivity contribution in [3.8, 4) is 0 Å². The number of nitrogens with zero attached hydrogens (tertiary/aromatic N) is 1. The normalized spacial score (nSPS) is 54.7. The van der Waals surface area contributed by atoms with Crippen LogP contribution in [0.25, 0.3) is 0 Å². The first-order valence-corrected chi connectivity index (χ1v) is 9.00. The van der Waals surface area contributed by atoms with Gasteiger partial charge in [-0.2, -0.15) is 0 Å². The van der Waals surface area contributed by atoms with E-state index in [0.717, 1.165) is 32.1 Å². The summed E-state index contributed by atoms with van der Waals surface area (Å²) in [6.45, 7) is 4.54. The largest absolute Gasteiger partial charge is 0.762 e. The Kier molecular flexibility index (Phi) is 3.98. The van der Waals surface area contributed by atoms with E-state index in [1.165, 1.54) is 6.42 Å². The highest BCUT2D eigenvalue weighted by molar-refractivity contribution is 5.04. The van der Waals surface area contributed by atoms with Crippen molar-refractivity contribution in [1.82, 2.24) is 5.23 Å². The summed E-state index contributed by atoms with van der Waals surface area (Å²) in [4.78, 5) is 0. The van der Waals surface area contributed by atoms with Crippen molar-refractivity contribution < 1.29 is 14.7 Å². The lowest BCUT2D eigenvalue weighted by atomic mass is 9.71. The van der Waals surface area contributed by atoms with Gasteiger partial charge in [-0.3, -0.25) is 5.23 Å². The zero-order valence-electron chi connectivity index (χ0n) is 13.6. The Hall–Kier alpha value is -0.200. The van der Waals surface area contributed by atoms with Gasteiger partial charge in [-0.25, -0.2) is 0 Å². The molecule has 1 N–H and O–H groups in total. The fourth-order valence-electron chi connectivity index (χ4n) is 5.75. The molecule has 0 aromatic heterocycles. The van der Waals surface area contributed by atoms with Crippen LogP contribution in [0.4, 0.5) is 0 Å². The topological polar surface area (TPSA) is 65.0 Å². The SMILES string of the molecule is CC1CC2C(C)CCC3OC4CCC(N([O-])O)CC4C3C2O1. The van der Waals surface area contributed by atoms with Gasteiger partial charge in [-0.1, -0.05) is 6.92 Å². The van der Waals surface area contributed by atoms with E-state index < -0.39 is 0 Å². The van der Waals surface area contributed by atoms with E-state index in [0.29, 0.717) is 29.8 Å². The minimum absolute atomic E-state index is 0.179. The molecule has 4 aliphatic rings. The van der Waals surface area contributed by atoms with Gasteiger partial charge in [0.1, 0.15) is 0 Å². The molecule has 0 amide bonds. The molecule has 0 aromatic rings. The number of fused-ring (bicyclic) bond motifs is 5. The molecule has 4 rings (SSSR count). The summed E-state index contributed by atoms with van der Waals surface area (Å²) in [5.41, 5.74) is 0. The molecular weight excluding hydrogens is 282 g/mol. The summed E-state index contributed by atoms with van der Waals surface area (Å²) in [6, 6.07) is -0.262. The fourth-order valence-corrected chi connectivity index (χ4v) is 5.75. The van der Waals surface area contributed by atoms with Gasteiger partial charge in [0.05, 0.1) is 24.4 Å². The Morgan fingerprint density at radius 2 is 1.73 bits per heavy atom. The van der Waals surface area contributed by atoms with Gasteiger partial charge in [0, 0.05) is 12.0 Å². The fraction of sp³-hybridized carbons (Fsp3) is 1.00. The molecule has 9 unspecified atom stereocenters. The highest BCUT2D eigenvalue weighted by Crippen LogP contribution is 2.53. The number of ether oxygens (including phenoxy) is 2. The summed E-state index contributed by atoms with van der Waals surface area (Å²) in [5, 5.41) is 20.9. The standard InChI is InChI=1S/C17H28NO4/c1-9-3-5-15-16(17-12(9)7-10(2)21-17)13-8-11(18(19)20)4-6-14(13)22-15/h9-17,19H,3-8H2,1-2H3/q-1. The maximum Gasteiger partial charge on any atom is 0.0666 e. The van der Waals surface area contributed by atoms with E-state index in [1.54, 1.807) is 0 Å². The molecule has 4 fully saturated rings. The third kappa shape index (κ3) is 2.42. The predicted molar refractivity (Wildman–Crippen MR) is 81.1 cm³/mol. The molecule has 126 valence electrons. The molecule has 9 atom stereocenters. The molecule has 0 bridgehead atoms. The number of hydrogen-bond acceptors (Lipinski definition) is 5. The Morgan fingerprint density at radius 3 is 2.50 bits per heavy atom. The highest BCUT2D eigenvalue weighted by atomic mass is 16.8. The smallest absolute Gasteiger partial charge is 0.0666 e. The van der Waals surface area contributed by atoms with Crippen LogP contribution in [0.5, 0.6) is 0 Å². The predicted octanol–water partition coefficient (Wildman–Crippen LogP) is 2.95. The zero-order chi connectivity index (χ0) is 15.4. The number of hydroxylamine groups is 2. The van der Waals surface area contributed by atoms with Crippen molar-refractivity contribution in [2.24, 2.45) is 23.7 Å². The van der Waals surface area contributed by atoms with Crippen LogP contribution < -0.4 is 0 Å². The minimum Gasteiger partial charge on any atom is -0.762 e. The number of rotatable bonds is 1. The first-order valence-electron chi connectivity index (χ1n) is 9.00. The van der Waals surface area contributed by atoms with Crippen LogP contribution in [0.1, 0.15) is 52.4 Å². The zero-order valence-corrected chi connectivity index (χ0v) is 13.6. The average Bonchev–Trinajstić information content (AvgIpc) is 3.00. The minimum atomic E-state index is -0.262. The maximum absolute atomic E-state index is 11.3. The summed E-state index contributed by atoms with van der Waals surface area (Å²) in [6.07, 6.45) is 7.05. The summed E-state index contributed by atoms with van der Waals surface area (Å²) < 4.78 is 12.7. The molecule has 5 nitrogen and oxygen atoms in total. The van der Waals surface area contributed by atoms with Gasteiger partial charge in [-0.05, 0) is 63.2 Å². The van der Waals surface area contributed by atoms with Gasteiger partial charge in [0.15, 0.2) is 0 Å². The van der Waals surface area contributed by atoms with Crippen molar-refractivity contribution in [3.63, 3.8) is 0 Å². The van der Waals surface area contributed by atoms with E-state index in [9.17, 15) is 10.4 Å². The van der Waals surface area contributed by atoms with E-state index in [1.807, 2.05) is 0 Å². The molecule has 2 saturated heterocycles. The summed E-state index contributed by atoms with van der Waals surface area (Å²) in [5.74, 6) is 2.10. The molecular formula is C17H28NO4-. The molecule has 0 aromatic carbocycles. The lowest BCUT2D eigenvalue weighted by Gasteiger charge is -2.41. The van der Waals surface area contributed by atoms with Crippen molar-refractivity contribution in [1.29, 1.82) is 0 Å². The Morgan fingerprint density at radius 1 is 0.955 bits per heavy atom. The van der Waals surface area contributed by atoms with Crippen LogP contribution in [0.3, 0.4) is 0 Å². The summed E-state index contributed by atoms with van der Waals surface area (Å²) >= 11 is 0. The molecule has 2 saturated carbocycles. The third-order valence-electron chi connectivity index (χ3n) is 6.82. The molecule has 2 heterocycles. The first kappa shape index (κ1) is 15.3. The van der Waals surface area contributed by atoms with E-state index >= 15 is 0 Å². The van der Waals surface area contributed by atoms with E-state index in [4.69, 9.17) is 9.47 Å². The molecule has 2 aliphatic heterocycles. The molecule has 22 heavy (non-hydrogen) atoms. The number of hydrogen-bond donors (Lipinski definition) is 1. The first-order chi connectivity index (χ1) is 10.5. The Bertz CT molecular complexity index is 417. The Balaban J connectivity index is 1.59. The van der Waals surface area contributed by atoms with Crippen LogP contribution in [-0.4, -0.2) is 40.9 Å². The van der Waals surface area contributed by atoms with Crippen LogP contribution in [0.15, 0.2) is 0 Å². The summed E-state index contributed by atoms with van der Waals surface area (Å²) in [7, 11) is 0. The van der Waals surface area contributed by atoms with E-state index in [-0.39, 0.29) is 29.6 Å². The molecule has 0 radical (unpaired) electrons. The van der Waals surface area contributed by atoms with Gasteiger partial charge in [0.25, 0.3) is 0 Å². The molecule has 5 heteroatoms. The lowest BCUT2D eigenvalue weighted by molar-refractivity contribution is -0.107. The van der Waals surface area contributed by atoms with Crippen molar-refractivity contribution in [2.75, 3.05) is 0 Å². The van der Waals surface area contributed by atoms with Crippen molar-refractivity contribution in [2.45, 2.75) is 82.8 Å². The van der Waals surface area contributed by atoms with E-state index in [2.05, 4.69) is 13.8 Å². The van der Waals surface area contributed by atoms with Crippen LogP contribution >= 0.6 is 0 Å². The van der Waals surface area contributed by atoms with Crippen molar-refractivity contribution >= 4 is 0 Å². The maximum atomic E-state index is 11.3. The molecule has 2 aliphatic carbocycles.